The predicted octanol–water partition coefficient (Wildman–Crippen LogP) is 4.23. The number of rotatable bonds is 7. The Morgan fingerprint density at radius 2 is 1.68 bits per heavy atom. The van der Waals surface area contributed by atoms with Crippen LogP contribution in [-0.4, -0.2) is 26.2 Å². The van der Waals surface area contributed by atoms with Crippen molar-refractivity contribution in [2.75, 3.05) is 19.5 Å². The molecule has 1 amide bonds. The Morgan fingerprint density at radius 1 is 0.960 bits per heavy atom. The van der Waals surface area contributed by atoms with E-state index in [4.69, 9.17) is 14.2 Å². The van der Waals surface area contributed by atoms with Gasteiger partial charge in [0.1, 0.15) is 17.2 Å². The number of benzene rings is 2. The number of para-hydroxylation sites is 1. The molecule has 2 aromatic carbocycles. The summed E-state index contributed by atoms with van der Waals surface area (Å²) >= 11 is 0. The number of methoxy groups -OCH3 is 2. The minimum absolute atomic E-state index is 0.259. The second-order valence-corrected chi connectivity index (χ2v) is 6.01. The smallest absolute Gasteiger partial charge is 0.265 e. The molecule has 0 saturated carbocycles. The molecule has 134 valence electrons. The Kier molecular flexibility index (Phi) is 6.28. The number of nitrogens with one attached hydrogen (secondary N) is 1. The summed E-state index contributed by atoms with van der Waals surface area (Å²) in [7, 11) is 3.12. The molecule has 0 spiro atoms. The van der Waals surface area contributed by atoms with Gasteiger partial charge in [-0.1, -0.05) is 32.0 Å². The predicted molar refractivity (Wildman–Crippen MR) is 98.8 cm³/mol. The lowest BCUT2D eigenvalue weighted by Crippen LogP contribution is -2.30. The second-order valence-electron chi connectivity index (χ2n) is 6.01. The van der Waals surface area contributed by atoms with Gasteiger partial charge in [0, 0.05) is 6.07 Å². The maximum absolute atomic E-state index is 12.5. The monoisotopic (exact) mass is 343 g/mol. The van der Waals surface area contributed by atoms with E-state index in [0.29, 0.717) is 23.1 Å². The number of hydrogen-bond donors (Lipinski definition) is 1. The summed E-state index contributed by atoms with van der Waals surface area (Å²) in [6.45, 7) is 5.90. The van der Waals surface area contributed by atoms with E-state index in [1.54, 1.807) is 39.3 Å². The van der Waals surface area contributed by atoms with E-state index in [2.05, 4.69) is 19.2 Å². The van der Waals surface area contributed by atoms with Crippen LogP contribution in [0.3, 0.4) is 0 Å². The van der Waals surface area contributed by atoms with Crippen LogP contribution >= 0.6 is 0 Å². The quantitative estimate of drug-likeness (QED) is 0.817. The van der Waals surface area contributed by atoms with Gasteiger partial charge in [-0.25, -0.2) is 0 Å². The molecule has 5 nitrogen and oxygen atoms in total. The Balaban J connectivity index is 2.14. The minimum Gasteiger partial charge on any atom is -0.497 e. The van der Waals surface area contributed by atoms with Gasteiger partial charge in [-0.15, -0.1) is 0 Å². The molecule has 0 heterocycles. The van der Waals surface area contributed by atoms with Gasteiger partial charge in [0.05, 0.1) is 19.9 Å². The van der Waals surface area contributed by atoms with Crippen LogP contribution in [0.25, 0.3) is 0 Å². The molecule has 0 aliphatic heterocycles. The van der Waals surface area contributed by atoms with Gasteiger partial charge in [-0.05, 0) is 36.6 Å². The van der Waals surface area contributed by atoms with Crippen LogP contribution in [-0.2, 0) is 4.79 Å². The van der Waals surface area contributed by atoms with E-state index in [1.807, 2.05) is 24.3 Å². The van der Waals surface area contributed by atoms with Gasteiger partial charge in [-0.3, -0.25) is 4.79 Å². The summed E-state index contributed by atoms with van der Waals surface area (Å²) in [4.78, 5) is 12.5. The van der Waals surface area contributed by atoms with Crippen molar-refractivity contribution in [3.05, 3.63) is 48.0 Å². The zero-order valence-electron chi connectivity index (χ0n) is 15.3. The topological polar surface area (TPSA) is 56.8 Å². The van der Waals surface area contributed by atoms with Crippen molar-refractivity contribution in [3.8, 4) is 17.2 Å². The average molecular weight is 343 g/mol. The van der Waals surface area contributed by atoms with E-state index in [9.17, 15) is 4.79 Å². The number of hydrogen-bond acceptors (Lipinski definition) is 4. The van der Waals surface area contributed by atoms with Crippen molar-refractivity contribution in [1.82, 2.24) is 0 Å². The first-order valence-corrected chi connectivity index (χ1v) is 8.24. The van der Waals surface area contributed by atoms with Crippen LogP contribution in [0, 0.1) is 0 Å². The molecule has 0 aliphatic rings. The highest BCUT2D eigenvalue weighted by atomic mass is 16.5. The fraction of sp³-hybridized carbons (Fsp3) is 0.350. The zero-order chi connectivity index (χ0) is 18.4. The summed E-state index contributed by atoms with van der Waals surface area (Å²) in [5.41, 5.74) is 1.61. The summed E-state index contributed by atoms with van der Waals surface area (Å²) in [5.74, 6) is 1.96. The molecule has 2 rings (SSSR count). The van der Waals surface area contributed by atoms with Gasteiger partial charge in [-0.2, -0.15) is 0 Å². The highest BCUT2D eigenvalue weighted by molar-refractivity contribution is 5.95. The highest BCUT2D eigenvalue weighted by Crippen LogP contribution is 2.30. The van der Waals surface area contributed by atoms with E-state index < -0.39 is 6.10 Å². The number of carbonyl (C=O) groups excluding carboxylic acids is 1. The van der Waals surface area contributed by atoms with Crippen molar-refractivity contribution in [2.24, 2.45) is 0 Å². The Morgan fingerprint density at radius 3 is 2.32 bits per heavy atom. The molecule has 0 saturated heterocycles. The Labute approximate surface area is 148 Å². The third-order valence-electron chi connectivity index (χ3n) is 3.88. The molecule has 0 aromatic heterocycles. The van der Waals surface area contributed by atoms with Crippen molar-refractivity contribution >= 4 is 11.6 Å². The van der Waals surface area contributed by atoms with Crippen molar-refractivity contribution in [1.29, 1.82) is 0 Å². The molecule has 0 radical (unpaired) electrons. The number of amides is 1. The van der Waals surface area contributed by atoms with Gasteiger partial charge in [0.15, 0.2) is 6.10 Å². The lowest BCUT2D eigenvalue weighted by Gasteiger charge is -2.19. The van der Waals surface area contributed by atoms with Crippen LogP contribution in [0.2, 0.25) is 0 Å². The van der Waals surface area contributed by atoms with Crippen LogP contribution < -0.4 is 19.5 Å². The van der Waals surface area contributed by atoms with Crippen molar-refractivity contribution in [2.45, 2.75) is 32.8 Å². The number of ether oxygens (including phenoxy) is 3. The van der Waals surface area contributed by atoms with Gasteiger partial charge in [0.25, 0.3) is 5.91 Å². The molecule has 0 bridgehead atoms. The molecule has 1 atom stereocenters. The van der Waals surface area contributed by atoms with Gasteiger partial charge < -0.3 is 19.5 Å². The first kappa shape index (κ1) is 18.6. The standard InChI is InChI=1S/C20H25NO4/c1-13(2)16-8-6-7-9-18(16)25-14(3)20(22)21-17-12-15(23-4)10-11-19(17)24-5/h6-14H,1-5H3,(H,21,22)/t14-/m0/s1. The lowest BCUT2D eigenvalue weighted by molar-refractivity contribution is -0.122. The summed E-state index contributed by atoms with van der Waals surface area (Å²) in [6.07, 6.45) is -0.657. The van der Waals surface area contributed by atoms with E-state index in [0.717, 1.165) is 11.3 Å². The molecule has 0 unspecified atom stereocenters. The SMILES string of the molecule is COc1ccc(OC)c(NC(=O)[C@H](C)Oc2ccccc2C(C)C)c1. The Hall–Kier alpha value is -2.69. The molecule has 0 aliphatic carbocycles. The van der Waals surface area contributed by atoms with Crippen LogP contribution in [0.15, 0.2) is 42.5 Å². The molecule has 25 heavy (non-hydrogen) atoms. The first-order valence-electron chi connectivity index (χ1n) is 8.24. The molecule has 1 N–H and O–H groups in total. The minimum atomic E-state index is -0.657. The fourth-order valence-electron chi connectivity index (χ4n) is 2.45. The summed E-state index contributed by atoms with van der Waals surface area (Å²) in [5, 5.41) is 2.84. The highest BCUT2D eigenvalue weighted by Gasteiger charge is 2.19. The average Bonchev–Trinajstić information content (AvgIpc) is 2.61. The molecule has 0 fully saturated rings. The van der Waals surface area contributed by atoms with Crippen molar-refractivity contribution < 1.29 is 19.0 Å². The van der Waals surface area contributed by atoms with Crippen LogP contribution in [0.1, 0.15) is 32.3 Å². The van der Waals surface area contributed by atoms with E-state index in [-0.39, 0.29) is 5.91 Å². The lowest BCUT2D eigenvalue weighted by atomic mass is 10.0. The normalized spacial score (nSPS) is 11.8. The fourth-order valence-corrected chi connectivity index (χ4v) is 2.45. The largest absolute Gasteiger partial charge is 0.497 e. The second kappa shape index (κ2) is 8.42. The van der Waals surface area contributed by atoms with Gasteiger partial charge >= 0.3 is 0 Å². The van der Waals surface area contributed by atoms with Crippen LogP contribution in [0.4, 0.5) is 5.69 Å². The third kappa shape index (κ3) is 4.66. The number of carbonyl (C=O) groups is 1. The third-order valence-corrected chi connectivity index (χ3v) is 3.88. The molecule has 5 heteroatoms. The molecule has 2 aromatic rings. The van der Waals surface area contributed by atoms with Gasteiger partial charge in [0.2, 0.25) is 0 Å². The van der Waals surface area contributed by atoms with E-state index in [1.165, 1.54) is 0 Å². The molecular formula is C20H25NO4. The maximum atomic E-state index is 12.5. The van der Waals surface area contributed by atoms with E-state index >= 15 is 0 Å². The summed E-state index contributed by atoms with van der Waals surface area (Å²) in [6, 6.07) is 13.0. The number of anilines is 1. The Bertz CT molecular complexity index is 727. The van der Waals surface area contributed by atoms with Crippen molar-refractivity contribution in [3.63, 3.8) is 0 Å². The zero-order valence-corrected chi connectivity index (χ0v) is 15.3. The first-order chi connectivity index (χ1) is 12.0. The summed E-state index contributed by atoms with van der Waals surface area (Å²) < 4.78 is 16.4. The molecular weight excluding hydrogens is 318 g/mol. The van der Waals surface area contributed by atoms with Crippen LogP contribution in [0.5, 0.6) is 17.2 Å². The maximum Gasteiger partial charge on any atom is 0.265 e.